The van der Waals surface area contributed by atoms with E-state index >= 15 is 0 Å². The van der Waals surface area contributed by atoms with Crippen molar-refractivity contribution in [2.75, 3.05) is 30.0 Å². The summed E-state index contributed by atoms with van der Waals surface area (Å²) in [5.41, 5.74) is 1.93. The third-order valence-corrected chi connectivity index (χ3v) is 6.70. The molecule has 1 atom stereocenters. The van der Waals surface area contributed by atoms with E-state index in [4.69, 9.17) is 19.2 Å². The molecule has 0 saturated carbocycles. The Morgan fingerprint density at radius 1 is 0.842 bits per heavy atom. The largest absolute Gasteiger partial charge is 0.494 e. The van der Waals surface area contributed by atoms with Gasteiger partial charge in [0.1, 0.15) is 22.5 Å². The van der Waals surface area contributed by atoms with Gasteiger partial charge in [0.05, 0.1) is 31.2 Å². The average Bonchev–Trinajstić information content (AvgIpc) is 2.92. The summed E-state index contributed by atoms with van der Waals surface area (Å²) in [5, 5.41) is 2.68. The van der Waals surface area contributed by atoms with Crippen molar-refractivity contribution in [3.8, 4) is 17.2 Å². The third-order valence-electron chi connectivity index (χ3n) is 5.55. The van der Waals surface area contributed by atoms with Gasteiger partial charge in [0.25, 0.3) is 0 Å². The van der Waals surface area contributed by atoms with Crippen LogP contribution in [0.5, 0.6) is 17.2 Å². The van der Waals surface area contributed by atoms with Gasteiger partial charge in [0, 0.05) is 12.1 Å². The van der Waals surface area contributed by atoms with Gasteiger partial charge >= 0.3 is 0 Å². The van der Waals surface area contributed by atoms with E-state index in [9.17, 15) is 9.59 Å². The maximum Gasteiger partial charge on any atom is 0.238 e. The highest BCUT2D eigenvalue weighted by atomic mass is 32.2. The summed E-state index contributed by atoms with van der Waals surface area (Å²) < 4.78 is 16.5. The summed E-state index contributed by atoms with van der Waals surface area (Å²) in [5.74, 6) is 1.69. The van der Waals surface area contributed by atoms with Gasteiger partial charge in [-0.3, -0.25) is 14.5 Å². The number of amidine groups is 1. The number of rotatable bonds is 10. The number of thioether (sulfide) groups is 1. The lowest BCUT2D eigenvalue weighted by atomic mass is 10.2. The fourth-order valence-corrected chi connectivity index (χ4v) is 4.95. The van der Waals surface area contributed by atoms with Crippen LogP contribution in [0.15, 0.2) is 77.8 Å². The summed E-state index contributed by atoms with van der Waals surface area (Å²) >= 11 is 1.26. The third kappa shape index (κ3) is 6.86. The number of carbonyl (C=O) groups is 2. The van der Waals surface area contributed by atoms with Crippen molar-refractivity contribution in [1.82, 2.24) is 0 Å². The minimum atomic E-state index is -0.644. The predicted molar refractivity (Wildman–Crippen MR) is 152 cm³/mol. The molecule has 3 aromatic rings. The Kier molecular flexibility index (Phi) is 9.26. The summed E-state index contributed by atoms with van der Waals surface area (Å²) in [6, 6.07) is 21.7. The monoisotopic (exact) mass is 533 g/mol. The number of ether oxygens (including phenoxy) is 3. The molecule has 1 fully saturated rings. The number of amides is 2. The second-order valence-corrected chi connectivity index (χ2v) is 9.40. The first kappa shape index (κ1) is 27.1. The van der Waals surface area contributed by atoms with E-state index in [1.54, 1.807) is 29.2 Å². The van der Waals surface area contributed by atoms with Crippen LogP contribution in [0.1, 0.15) is 27.2 Å². The highest BCUT2D eigenvalue weighted by Gasteiger charge is 2.37. The number of nitrogens with one attached hydrogen (secondary N) is 1. The molecule has 3 aromatic carbocycles. The van der Waals surface area contributed by atoms with Crippen molar-refractivity contribution in [2.45, 2.75) is 32.4 Å². The zero-order chi connectivity index (χ0) is 26.9. The minimum absolute atomic E-state index is 0.0308. The SMILES string of the molecule is CCOc1ccc(N=C2SC(C(=O)Nc3ccc(OCC)cc3)CC(=O)N2c2ccc(OCC)cc2)cc1. The van der Waals surface area contributed by atoms with E-state index in [2.05, 4.69) is 5.32 Å². The first-order chi connectivity index (χ1) is 18.5. The van der Waals surface area contributed by atoms with Crippen LogP contribution in [0.25, 0.3) is 0 Å². The Labute approximate surface area is 227 Å². The number of hydrogen-bond acceptors (Lipinski definition) is 7. The second kappa shape index (κ2) is 13.0. The van der Waals surface area contributed by atoms with Gasteiger partial charge in [-0.05, 0) is 93.6 Å². The topological polar surface area (TPSA) is 89.5 Å². The molecule has 0 aromatic heterocycles. The molecule has 9 heteroatoms. The Hall–Kier alpha value is -3.98. The van der Waals surface area contributed by atoms with E-state index < -0.39 is 5.25 Å². The van der Waals surface area contributed by atoms with E-state index in [1.807, 2.05) is 69.3 Å². The molecule has 0 radical (unpaired) electrons. The smallest absolute Gasteiger partial charge is 0.238 e. The van der Waals surface area contributed by atoms with Crippen molar-refractivity contribution in [2.24, 2.45) is 4.99 Å². The van der Waals surface area contributed by atoms with Crippen LogP contribution >= 0.6 is 11.8 Å². The maximum atomic E-state index is 13.4. The standard InChI is InChI=1S/C29H31N3O5S/c1-4-35-23-13-7-20(8-14-23)30-28(34)26-19-27(33)32(22-11-17-25(18-12-22)37-6-3)29(38-26)31-21-9-15-24(16-10-21)36-5-2/h7-18,26H,4-6,19H2,1-3H3,(H,30,34). The fraction of sp³-hybridized carbons (Fsp3) is 0.276. The van der Waals surface area contributed by atoms with Gasteiger partial charge in [-0.2, -0.15) is 0 Å². The van der Waals surface area contributed by atoms with E-state index in [1.165, 1.54) is 11.8 Å². The number of aliphatic imine (C=N–C) groups is 1. The number of benzene rings is 3. The van der Waals surface area contributed by atoms with Crippen LogP contribution in [0, 0.1) is 0 Å². The zero-order valence-corrected chi connectivity index (χ0v) is 22.5. The van der Waals surface area contributed by atoms with Crippen LogP contribution in [0.2, 0.25) is 0 Å². The molecule has 1 N–H and O–H groups in total. The first-order valence-electron chi connectivity index (χ1n) is 12.6. The zero-order valence-electron chi connectivity index (χ0n) is 21.7. The lowest BCUT2D eigenvalue weighted by Gasteiger charge is -2.32. The number of carbonyl (C=O) groups excluding carboxylic acids is 2. The van der Waals surface area contributed by atoms with Gasteiger partial charge in [-0.25, -0.2) is 4.99 Å². The Bertz CT molecular complexity index is 1260. The van der Waals surface area contributed by atoms with Crippen molar-refractivity contribution < 1.29 is 23.8 Å². The molecule has 0 aliphatic carbocycles. The predicted octanol–water partition coefficient (Wildman–Crippen LogP) is 6.05. The molecular formula is C29H31N3O5S. The highest BCUT2D eigenvalue weighted by molar-refractivity contribution is 8.15. The van der Waals surface area contributed by atoms with Crippen molar-refractivity contribution in [3.05, 3.63) is 72.8 Å². The summed E-state index contributed by atoms with van der Waals surface area (Å²) in [7, 11) is 0. The second-order valence-electron chi connectivity index (χ2n) is 8.23. The maximum absolute atomic E-state index is 13.4. The average molecular weight is 534 g/mol. The molecular weight excluding hydrogens is 502 g/mol. The number of hydrogen-bond donors (Lipinski definition) is 1. The minimum Gasteiger partial charge on any atom is -0.494 e. The van der Waals surface area contributed by atoms with E-state index in [-0.39, 0.29) is 18.2 Å². The number of anilines is 2. The molecule has 1 unspecified atom stereocenters. The molecule has 4 rings (SSSR count). The molecule has 1 aliphatic rings. The van der Waals surface area contributed by atoms with E-state index in [0.29, 0.717) is 47.8 Å². The Morgan fingerprint density at radius 2 is 1.34 bits per heavy atom. The first-order valence-corrected chi connectivity index (χ1v) is 13.5. The Morgan fingerprint density at radius 3 is 1.87 bits per heavy atom. The van der Waals surface area contributed by atoms with Crippen LogP contribution in [-0.2, 0) is 9.59 Å². The number of nitrogens with zero attached hydrogens (tertiary/aromatic N) is 2. The summed E-state index contributed by atoms with van der Waals surface area (Å²) in [4.78, 5) is 32.9. The quantitative estimate of drug-likeness (QED) is 0.341. The van der Waals surface area contributed by atoms with Crippen LogP contribution in [0.3, 0.4) is 0 Å². The van der Waals surface area contributed by atoms with Crippen LogP contribution in [0.4, 0.5) is 17.1 Å². The lowest BCUT2D eigenvalue weighted by molar-refractivity contribution is -0.121. The molecule has 0 spiro atoms. The molecule has 1 saturated heterocycles. The van der Waals surface area contributed by atoms with Gasteiger partial charge in [0.2, 0.25) is 11.8 Å². The summed E-state index contributed by atoms with van der Waals surface area (Å²) in [6.07, 6.45) is 0.0308. The lowest BCUT2D eigenvalue weighted by Crippen LogP contribution is -2.45. The van der Waals surface area contributed by atoms with Gasteiger partial charge in [-0.1, -0.05) is 11.8 Å². The molecule has 1 heterocycles. The van der Waals surface area contributed by atoms with Crippen LogP contribution < -0.4 is 24.4 Å². The van der Waals surface area contributed by atoms with Crippen molar-refractivity contribution in [3.63, 3.8) is 0 Å². The van der Waals surface area contributed by atoms with Crippen molar-refractivity contribution >= 4 is 45.8 Å². The molecule has 1 aliphatic heterocycles. The molecule has 38 heavy (non-hydrogen) atoms. The van der Waals surface area contributed by atoms with Gasteiger partial charge < -0.3 is 19.5 Å². The van der Waals surface area contributed by atoms with Gasteiger partial charge in [0.15, 0.2) is 5.17 Å². The normalized spacial score (nSPS) is 16.3. The van der Waals surface area contributed by atoms with E-state index in [0.717, 1.165) is 11.5 Å². The van der Waals surface area contributed by atoms with Crippen LogP contribution in [-0.4, -0.2) is 42.1 Å². The molecule has 0 bridgehead atoms. The fourth-order valence-electron chi connectivity index (χ4n) is 3.83. The molecule has 2 amide bonds. The Balaban J connectivity index is 1.59. The molecule has 198 valence electrons. The van der Waals surface area contributed by atoms with Gasteiger partial charge in [-0.15, -0.1) is 0 Å². The molecule has 8 nitrogen and oxygen atoms in total. The van der Waals surface area contributed by atoms with Crippen molar-refractivity contribution in [1.29, 1.82) is 0 Å². The highest BCUT2D eigenvalue weighted by Crippen LogP contribution is 2.34. The summed E-state index contributed by atoms with van der Waals surface area (Å²) in [6.45, 7) is 7.43.